The number of thiophene rings is 2. The molecule has 1 amide bonds. The van der Waals surface area contributed by atoms with Crippen molar-refractivity contribution < 1.29 is 14.3 Å². The lowest BCUT2D eigenvalue weighted by molar-refractivity contribution is -0.124. The largest absolute Gasteiger partial charge is 0.451 e. The third kappa shape index (κ3) is 3.61. The second-order valence-electron chi connectivity index (χ2n) is 5.12. The Hall–Kier alpha value is -1.89. The number of amides is 1. The Balaban J connectivity index is 1.60. The van der Waals surface area contributed by atoms with Crippen LogP contribution in [0, 0.1) is 0 Å². The highest BCUT2D eigenvalue weighted by Gasteiger charge is 2.19. The molecule has 0 aliphatic carbocycles. The molecule has 0 spiro atoms. The van der Waals surface area contributed by atoms with E-state index < -0.39 is 5.97 Å². The number of fused-ring (bicyclic) bond motifs is 1. The van der Waals surface area contributed by atoms with Crippen LogP contribution in [0.4, 0.5) is 0 Å². The van der Waals surface area contributed by atoms with Gasteiger partial charge in [0.2, 0.25) is 0 Å². The average molecular weight is 380 g/mol. The fourth-order valence-corrected chi connectivity index (χ4v) is 4.37. The Bertz CT molecular complexity index is 873. The first kappa shape index (κ1) is 17.0. The Morgan fingerprint density at radius 2 is 2.04 bits per heavy atom. The highest BCUT2D eigenvalue weighted by Crippen LogP contribution is 2.35. The van der Waals surface area contributed by atoms with Crippen LogP contribution in [0.1, 0.15) is 27.5 Å². The normalized spacial score (nSPS) is 12.1. The SMILES string of the molecule is C[C@H](NC(=O)COC(=O)c1sc2ccccc2c1Cl)c1cccs1. The van der Waals surface area contributed by atoms with Gasteiger partial charge in [0.15, 0.2) is 6.61 Å². The maximum atomic E-state index is 12.2. The molecule has 1 aromatic carbocycles. The van der Waals surface area contributed by atoms with E-state index in [1.807, 2.05) is 48.7 Å². The van der Waals surface area contributed by atoms with Crippen molar-refractivity contribution in [3.63, 3.8) is 0 Å². The summed E-state index contributed by atoms with van der Waals surface area (Å²) >= 11 is 9.05. The quantitative estimate of drug-likeness (QED) is 0.656. The van der Waals surface area contributed by atoms with Gasteiger partial charge in [0.25, 0.3) is 5.91 Å². The van der Waals surface area contributed by atoms with E-state index in [1.165, 1.54) is 11.3 Å². The maximum absolute atomic E-state index is 12.2. The summed E-state index contributed by atoms with van der Waals surface area (Å²) in [6.45, 7) is 1.55. The van der Waals surface area contributed by atoms with Crippen molar-refractivity contribution in [2.24, 2.45) is 0 Å². The fraction of sp³-hybridized carbons (Fsp3) is 0.176. The zero-order chi connectivity index (χ0) is 17.1. The number of hydrogen-bond acceptors (Lipinski definition) is 5. The summed E-state index contributed by atoms with van der Waals surface area (Å²) < 4.78 is 6.00. The lowest BCUT2D eigenvalue weighted by atomic mass is 10.2. The first-order valence-electron chi connectivity index (χ1n) is 7.23. The van der Waals surface area contributed by atoms with Gasteiger partial charge >= 0.3 is 5.97 Å². The Kier molecular flexibility index (Phi) is 5.18. The monoisotopic (exact) mass is 379 g/mol. The predicted octanol–water partition coefficient (Wildman–Crippen LogP) is 4.65. The number of rotatable bonds is 5. The van der Waals surface area contributed by atoms with E-state index >= 15 is 0 Å². The molecule has 2 aromatic heterocycles. The van der Waals surface area contributed by atoms with Crippen LogP contribution >= 0.6 is 34.3 Å². The lowest BCUT2D eigenvalue weighted by Gasteiger charge is -2.12. The molecule has 0 saturated carbocycles. The molecule has 3 rings (SSSR count). The van der Waals surface area contributed by atoms with Gasteiger partial charge in [-0.05, 0) is 24.4 Å². The smallest absolute Gasteiger partial charge is 0.350 e. The summed E-state index contributed by atoms with van der Waals surface area (Å²) in [5.74, 6) is -0.929. The van der Waals surface area contributed by atoms with Gasteiger partial charge in [-0.1, -0.05) is 35.9 Å². The number of carbonyl (C=O) groups excluding carboxylic acids is 2. The molecule has 0 radical (unpaired) electrons. The van der Waals surface area contributed by atoms with E-state index in [-0.39, 0.29) is 18.6 Å². The van der Waals surface area contributed by atoms with Crippen molar-refractivity contribution in [1.29, 1.82) is 0 Å². The average Bonchev–Trinajstić information content (AvgIpc) is 3.21. The Morgan fingerprint density at radius 1 is 1.25 bits per heavy atom. The third-order valence-corrected chi connectivity index (χ3v) is 6.11. The summed E-state index contributed by atoms with van der Waals surface area (Å²) in [4.78, 5) is 25.5. The van der Waals surface area contributed by atoms with Crippen LogP contribution in [-0.2, 0) is 9.53 Å². The molecule has 0 aliphatic rings. The highest BCUT2D eigenvalue weighted by molar-refractivity contribution is 7.21. The van der Waals surface area contributed by atoms with E-state index in [0.717, 1.165) is 15.0 Å². The van der Waals surface area contributed by atoms with Crippen molar-refractivity contribution in [3.8, 4) is 0 Å². The van der Waals surface area contributed by atoms with E-state index in [9.17, 15) is 9.59 Å². The standard InChI is InChI=1S/C17H14ClNO3S2/c1-10(12-7-4-8-23-12)19-14(20)9-22-17(21)16-15(18)11-5-2-3-6-13(11)24-16/h2-8,10H,9H2,1H3,(H,19,20)/t10-/m0/s1. The maximum Gasteiger partial charge on any atom is 0.350 e. The Labute approximate surface area is 152 Å². The van der Waals surface area contributed by atoms with Gasteiger partial charge in [-0.15, -0.1) is 22.7 Å². The van der Waals surface area contributed by atoms with Crippen molar-refractivity contribution in [1.82, 2.24) is 5.32 Å². The number of ether oxygens (including phenoxy) is 1. The third-order valence-electron chi connectivity index (χ3n) is 3.40. The van der Waals surface area contributed by atoms with Crippen molar-refractivity contribution in [3.05, 3.63) is 56.6 Å². The molecule has 1 N–H and O–H groups in total. The van der Waals surface area contributed by atoms with Crippen LogP contribution in [0.2, 0.25) is 5.02 Å². The van der Waals surface area contributed by atoms with Gasteiger partial charge in [-0.2, -0.15) is 0 Å². The van der Waals surface area contributed by atoms with Gasteiger partial charge in [-0.3, -0.25) is 4.79 Å². The van der Waals surface area contributed by atoms with Crippen LogP contribution in [0.15, 0.2) is 41.8 Å². The molecule has 3 aromatic rings. The zero-order valence-corrected chi connectivity index (χ0v) is 15.1. The van der Waals surface area contributed by atoms with E-state index in [0.29, 0.717) is 9.90 Å². The van der Waals surface area contributed by atoms with Gasteiger partial charge < -0.3 is 10.1 Å². The molecule has 0 aliphatic heterocycles. The number of nitrogens with one attached hydrogen (secondary N) is 1. The van der Waals surface area contributed by atoms with Crippen LogP contribution < -0.4 is 5.32 Å². The molecule has 24 heavy (non-hydrogen) atoms. The first-order chi connectivity index (χ1) is 11.6. The first-order valence-corrected chi connectivity index (χ1v) is 9.30. The molecule has 0 saturated heterocycles. The lowest BCUT2D eigenvalue weighted by Crippen LogP contribution is -2.30. The highest BCUT2D eigenvalue weighted by atomic mass is 35.5. The number of esters is 1. The molecule has 1 atom stereocenters. The summed E-state index contributed by atoms with van der Waals surface area (Å²) in [5, 5.41) is 5.92. The molecule has 124 valence electrons. The fourth-order valence-electron chi connectivity index (χ4n) is 2.23. The zero-order valence-electron chi connectivity index (χ0n) is 12.7. The molecule has 0 fully saturated rings. The van der Waals surface area contributed by atoms with Crippen LogP contribution in [-0.4, -0.2) is 18.5 Å². The van der Waals surface area contributed by atoms with Gasteiger partial charge in [0, 0.05) is 15.0 Å². The molecule has 7 heteroatoms. The van der Waals surface area contributed by atoms with Crippen LogP contribution in [0.3, 0.4) is 0 Å². The topological polar surface area (TPSA) is 55.4 Å². The molecule has 0 bridgehead atoms. The van der Waals surface area contributed by atoms with E-state index in [1.54, 1.807) is 11.3 Å². The molecular weight excluding hydrogens is 366 g/mol. The summed E-state index contributed by atoms with van der Waals surface area (Å²) in [6.07, 6.45) is 0. The van der Waals surface area contributed by atoms with E-state index in [2.05, 4.69) is 5.32 Å². The van der Waals surface area contributed by atoms with E-state index in [4.69, 9.17) is 16.3 Å². The molecule has 0 unspecified atom stereocenters. The van der Waals surface area contributed by atoms with Crippen LogP contribution in [0.25, 0.3) is 10.1 Å². The molecule has 2 heterocycles. The summed E-state index contributed by atoms with van der Waals surface area (Å²) in [5.41, 5.74) is 0. The molecule has 4 nitrogen and oxygen atoms in total. The number of halogens is 1. The Morgan fingerprint density at radius 3 is 2.75 bits per heavy atom. The summed E-state index contributed by atoms with van der Waals surface area (Å²) in [6, 6.07) is 11.2. The minimum Gasteiger partial charge on any atom is -0.451 e. The van der Waals surface area contributed by atoms with Gasteiger partial charge in [0.05, 0.1) is 11.1 Å². The minimum absolute atomic E-state index is 0.121. The summed E-state index contributed by atoms with van der Waals surface area (Å²) in [7, 11) is 0. The molecular formula is C17H14ClNO3S2. The second kappa shape index (κ2) is 7.34. The number of carbonyl (C=O) groups is 2. The van der Waals surface area contributed by atoms with Gasteiger partial charge in [-0.25, -0.2) is 4.79 Å². The number of benzene rings is 1. The van der Waals surface area contributed by atoms with Crippen LogP contribution in [0.5, 0.6) is 0 Å². The minimum atomic E-state index is -0.583. The second-order valence-corrected chi connectivity index (χ2v) is 7.53. The van der Waals surface area contributed by atoms with Crippen molar-refractivity contribution in [2.75, 3.05) is 6.61 Å². The van der Waals surface area contributed by atoms with Crippen molar-refractivity contribution >= 4 is 56.2 Å². The number of hydrogen-bond donors (Lipinski definition) is 1. The predicted molar refractivity (Wildman–Crippen MR) is 98.0 cm³/mol. The van der Waals surface area contributed by atoms with Gasteiger partial charge in [0.1, 0.15) is 4.88 Å². The van der Waals surface area contributed by atoms with Crippen molar-refractivity contribution in [2.45, 2.75) is 13.0 Å².